The van der Waals surface area contributed by atoms with Gasteiger partial charge in [-0.05, 0) is 12.3 Å². The average Bonchev–Trinajstić information content (AvgIpc) is 2.82. The van der Waals surface area contributed by atoms with Gasteiger partial charge in [0.25, 0.3) is 0 Å². The highest BCUT2D eigenvalue weighted by atomic mass is 16.2. The molecule has 1 aromatic rings. The van der Waals surface area contributed by atoms with Gasteiger partial charge in [0.2, 0.25) is 0 Å². The van der Waals surface area contributed by atoms with Crippen LogP contribution < -0.4 is 5.69 Å². The topological polar surface area (TPSA) is 39.8 Å². The minimum absolute atomic E-state index is 0.00403. The molecule has 0 radical (unpaired) electrons. The van der Waals surface area contributed by atoms with Crippen LogP contribution in [0.1, 0.15) is 19.3 Å². The van der Waals surface area contributed by atoms with E-state index in [1.54, 1.807) is 18.1 Å². The molecule has 4 nitrogen and oxygen atoms in total. The highest BCUT2D eigenvalue weighted by Gasteiger charge is 2.21. The summed E-state index contributed by atoms with van der Waals surface area (Å²) in [4.78, 5) is 11.3. The SMILES string of the molecule is Cn1cnn(CCC2CC2)c1=O. The van der Waals surface area contributed by atoms with Crippen molar-refractivity contribution in [2.75, 3.05) is 0 Å². The first-order chi connectivity index (χ1) is 5.77. The van der Waals surface area contributed by atoms with Crippen molar-refractivity contribution in [2.24, 2.45) is 13.0 Å². The van der Waals surface area contributed by atoms with Crippen LogP contribution >= 0.6 is 0 Å². The second-order valence-electron chi connectivity index (χ2n) is 3.48. The number of aryl methyl sites for hydroxylation is 2. The summed E-state index contributed by atoms with van der Waals surface area (Å²) in [6.07, 6.45) is 5.34. The van der Waals surface area contributed by atoms with Crippen LogP contribution in [0.4, 0.5) is 0 Å². The fourth-order valence-electron chi connectivity index (χ4n) is 1.29. The Morgan fingerprint density at radius 3 is 2.92 bits per heavy atom. The molecule has 1 aromatic heterocycles. The Morgan fingerprint density at radius 1 is 1.67 bits per heavy atom. The molecule has 1 fully saturated rings. The molecule has 0 spiro atoms. The van der Waals surface area contributed by atoms with Gasteiger partial charge in [-0.2, -0.15) is 5.10 Å². The van der Waals surface area contributed by atoms with Crippen molar-refractivity contribution in [3.63, 3.8) is 0 Å². The van der Waals surface area contributed by atoms with Crippen molar-refractivity contribution >= 4 is 0 Å². The predicted octanol–water partition coefficient (Wildman–Crippen LogP) is 0.382. The fourth-order valence-corrected chi connectivity index (χ4v) is 1.29. The molecule has 1 aliphatic carbocycles. The van der Waals surface area contributed by atoms with Crippen LogP contribution in [0.15, 0.2) is 11.1 Å². The second kappa shape index (κ2) is 2.77. The Bertz CT molecular complexity index is 321. The summed E-state index contributed by atoms with van der Waals surface area (Å²) in [6, 6.07) is 0. The average molecular weight is 167 g/mol. The Labute approximate surface area is 70.8 Å². The number of aromatic nitrogens is 3. The van der Waals surface area contributed by atoms with Crippen molar-refractivity contribution in [3.05, 3.63) is 16.8 Å². The number of nitrogens with zero attached hydrogens (tertiary/aromatic N) is 3. The third-order valence-corrected chi connectivity index (χ3v) is 2.33. The third kappa shape index (κ3) is 1.42. The maximum absolute atomic E-state index is 11.3. The Balaban J connectivity index is 2.01. The molecule has 0 bridgehead atoms. The predicted molar refractivity (Wildman–Crippen MR) is 44.8 cm³/mol. The summed E-state index contributed by atoms with van der Waals surface area (Å²) >= 11 is 0. The minimum Gasteiger partial charge on any atom is -0.285 e. The zero-order chi connectivity index (χ0) is 8.55. The summed E-state index contributed by atoms with van der Waals surface area (Å²) in [5.74, 6) is 0.860. The first-order valence-electron chi connectivity index (χ1n) is 4.36. The first kappa shape index (κ1) is 7.58. The van der Waals surface area contributed by atoms with E-state index < -0.39 is 0 Å². The van der Waals surface area contributed by atoms with Gasteiger partial charge in [0, 0.05) is 13.6 Å². The quantitative estimate of drug-likeness (QED) is 0.653. The molecule has 0 atom stereocenters. The molecule has 1 aliphatic rings. The van der Waals surface area contributed by atoms with Crippen molar-refractivity contribution in [1.82, 2.24) is 14.3 Å². The lowest BCUT2D eigenvalue weighted by Gasteiger charge is -1.96. The van der Waals surface area contributed by atoms with E-state index in [-0.39, 0.29) is 5.69 Å². The van der Waals surface area contributed by atoms with Crippen LogP contribution in [0.5, 0.6) is 0 Å². The molecule has 66 valence electrons. The van der Waals surface area contributed by atoms with Gasteiger partial charge in [0.1, 0.15) is 6.33 Å². The monoisotopic (exact) mass is 167 g/mol. The van der Waals surface area contributed by atoms with Crippen LogP contribution in [-0.4, -0.2) is 14.3 Å². The maximum atomic E-state index is 11.3. The van der Waals surface area contributed by atoms with Gasteiger partial charge in [-0.25, -0.2) is 9.48 Å². The molecular weight excluding hydrogens is 154 g/mol. The molecule has 1 saturated carbocycles. The van der Waals surface area contributed by atoms with Gasteiger partial charge in [0.15, 0.2) is 0 Å². The van der Waals surface area contributed by atoms with E-state index in [1.165, 1.54) is 17.4 Å². The summed E-state index contributed by atoms with van der Waals surface area (Å²) < 4.78 is 3.05. The van der Waals surface area contributed by atoms with Gasteiger partial charge < -0.3 is 0 Å². The molecule has 0 aliphatic heterocycles. The van der Waals surface area contributed by atoms with Crippen molar-refractivity contribution < 1.29 is 0 Å². The van der Waals surface area contributed by atoms with Crippen LogP contribution in [0.2, 0.25) is 0 Å². The van der Waals surface area contributed by atoms with E-state index in [1.807, 2.05) is 0 Å². The van der Waals surface area contributed by atoms with Crippen LogP contribution in [0, 0.1) is 5.92 Å². The van der Waals surface area contributed by atoms with Crippen molar-refractivity contribution in [2.45, 2.75) is 25.8 Å². The molecule has 0 N–H and O–H groups in total. The largest absolute Gasteiger partial charge is 0.345 e. The zero-order valence-corrected chi connectivity index (χ0v) is 7.23. The molecule has 12 heavy (non-hydrogen) atoms. The highest BCUT2D eigenvalue weighted by molar-refractivity contribution is 4.74. The number of hydrogen-bond acceptors (Lipinski definition) is 2. The summed E-state index contributed by atoms with van der Waals surface area (Å²) in [6.45, 7) is 0.782. The van der Waals surface area contributed by atoms with Gasteiger partial charge in [0.05, 0.1) is 0 Å². The fraction of sp³-hybridized carbons (Fsp3) is 0.750. The standard InChI is InChI=1S/C8H13N3O/c1-10-6-9-11(8(10)12)5-4-7-2-3-7/h6-7H,2-5H2,1H3. The van der Waals surface area contributed by atoms with Crippen LogP contribution in [0.3, 0.4) is 0 Å². The van der Waals surface area contributed by atoms with Crippen molar-refractivity contribution in [3.8, 4) is 0 Å². The maximum Gasteiger partial charge on any atom is 0.345 e. The van der Waals surface area contributed by atoms with Crippen LogP contribution in [0.25, 0.3) is 0 Å². The minimum atomic E-state index is -0.00403. The molecule has 0 unspecified atom stereocenters. The van der Waals surface area contributed by atoms with E-state index in [4.69, 9.17) is 0 Å². The van der Waals surface area contributed by atoms with E-state index in [0.717, 1.165) is 18.9 Å². The first-order valence-corrected chi connectivity index (χ1v) is 4.36. The van der Waals surface area contributed by atoms with Crippen LogP contribution in [-0.2, 0) is 13.6 Å². The molecule has 2 rings (SSSR count). The van der Waals surface area contributed by atoms with Crippen molar-refractivity contribution in [1.29, 1.82) is 0 Å². The second-order valence-corrected chi connectivity index (χ2v) is 3.48. The lowest BCUT2D eigenvalue weighted by Crippen LogP contribution is -2.23. The van der Waals surface area contributed by atoms with E-state index in [9.17, 15) is 4.79 Å². The van der Waals surface area contributed by atoms with Gasteiger partial charge in [-0.3, -0.25) is 4.57 Å². The highest BCUT2D eigenvalue weighted by Crippen LogP contribution is 2.32. The molecular formula is C8H13N3O. The van der Waals surface area contributed by atoms with E-state index >= 15 is 0 Å². The third-order valence-electron chi connectivity index (χ3n) is 2.33. The summed E-state index contributed by atoms with van der Waals surface area (Å²) in [5, 5.41) is 3.98. The van der Waals surface area contributed by atoms with Gasteiger partial charge >= 0.3 is 5.69 Å². The summed E-state index contributed by atoms with van der Waals surface area (Å²) in [5.41, 5.74) is -0.00403. The normalized spacial score (nSPS) is 16.8. The smallest absolute Gasteiger partial charge is 0.285 e. The molecule has 4 heteroatoms. The van der Waals surface area contributed by atoms with Gasteiger partial charge in [-0.1, -0.05) is 12.8 Å². The lowest BCUT2D eigenvalue weighted by atomic mass is 10.3. The molecule has 0 saturated heterocycles. The molecule has 0 amide bonds. The number of rotatable bonds is 3. The van der Waals surface area contributed by atoms with E-state index in [2.05, 4.69) is 5.10 Å². The Kier molecular flexibility index (Phi) is 1.75. The number of hydrogen-bond donors (Lipinski definition) is 0. The molecule has 1 heterocycles. The molecule has 0 aromatic carbocycles. The zero-order valence-electron chi connectivity index (χ0n) is 7.23. The lowest BCUT2D eigenvalue weighted by molar-refractivity contribution is 0.527. The van der Waals surface area contributed by atoms with E-state index in [0.29, 0.717) is 0 Å². The van der Waals surface area contributed by atoms with Gasteiger partial charge in [-0.15, -0.1) is 0 Å². The summed E-state index contributed by atoms with van der Waals surface area (Å²) in [7, 11) is 1.73. The Hall–Kier alpha value is -1.06. The Morgan fingerprint density at radius 2 is 2.42 bits per heavy atom.